The molecule has 0 aromatic carbocycles. The number of hydrogen-bond donors (Lipinski definition) is 1. The molecule has 0 radical (unpaired) electrons. The average molecular weight is 277 g/mol. The number of halogens is 3. The molecule has 1 aliphatic carbocycles. The number of nitrogen functional groups attached to an aromatic ring is 1. The van der Waals surface area contributed by atoms with Crippen LogP contribution < -0.4 is 5.73 Å². The Labute approximate surface area is 107 Å². The van der Waals surface area contributed by atoms with Crippen molar-refractivity contribution in [1.82, 2.24) is 9.97 Å². The molecule has 0 spiro atoms. The molecule has 100 valence electrons. The smallest absolute Gasteiger partial charge is 0.368 e. The molecule has 1 aliphatic rings. The van der Waals surface area contributed by atoms with Gasteiger partial charge in [0, 0.05) is 11.8 Å². The normalized spacial score (nSPS) is 17.3. The minimum atomic E-state index is -4.47. The van der Waals surface area contributed by atoms with E-state index in [4.69, 9.17) is 5.73 Å². The van der Waals surface area contributed by atoms with Gasteiger partial charge in [-0.1, -0.05) is 12.8 Å². The summed E-state index contributed by atoms with van der Waals surface area (Å²) in [5.74, 6) is 1.06. The molecule has 1 heterocycles. The van der Waals surface area contributed by atoms with E-state index < -0.39 is 11.9 Å². The van der Waals surface area contributed by atoms with Crippen molar-refractivity contribution in [2.24, 2.45) is 5.92 Å². The van der Waals surface area contributed by atoms with E-state index in [1.807, 2.05) is 0 Å². The van der Waals surface area contributed by atoms with E-state index >= 15 is 0 Å². The topological polar surface area (TPSA) is 51.8 Å². The lowest BCUT2D eigenvalue weighted by Crippen LogP contribution is -2.11. The summed E-state index contributed by atoms with van der Waals surface area (Å²) in [4.78, 5) is 7.05. The van der Waals surface area contributed by atoms with E-state index in [2.05, 4.69) is 9.97 Å². The van der Waals surface area contributed by atoms with Gasteiger partial charge in [0.05, 0.1) is 0 Å². The number of aromatic nitrogens is 2. The second-order valence-corrected chi connectivity index (χ2v) is 5.45. The summed E-state index contributed by atoms with van der Waals surface area (Å²) in [6, 6.07) is 0.968. The number of nitrogens with two attached hydrogens (primary N) is 1. The first-order chi connectivity index (χ1) is 8.45. The number of nitrogens with zero attached hydrogens (tertiary/aromatic N) is 2. The second-order valence-electron chi connectivity index (χ2n) is 4.41. The van der Waals surface area contributed by atoms with Crippen molar-refractivity contribution in [3.63, 3.8) is 0 Å². The van der Waals surface area contributed by atoms with E-state index in [0.717, 1.165) is 24.7 Å². The highest BCUT2D eigenvalue weighted by Crippen LogP contribution is 2.33. The van der Waals surface area contributed by atoms with E-state index in [1.54, 1.807) is 0 Å². The molecule has 0 aliphatic heterocycles. The molecule has 0 bridgehead atoms. The summed E-state index contributed by atoms with van der Waals surface area (Å²) >= 11 is 1.33. The first-order valence-electron chi connectivity index (χ1n) is 5.79. The first-order valence-corrected chi connectivity index (χ1v) is 6.78. The van der Waals surface area contributed by atoms with Gasteiger partial charge in [0.25, 0.3) is 0 Å². The predicted molar refractivity (Wildman–Crippen MR) is 64.1 cm³/mol. The lowest BCUT2D eigenvalue weighted by molar-refractivity contribution is -0.141. The van der Waals surface area contributed by atoms with E-state index in [1.165, 1.54) is 24.6 Å². The predicted octanol–water partition coefficient (Wildman–Crippen LogP) is 3.36. The van der Waals surface area contributed by atoms with Gasteiger partial charge in [0.2, 0.25) is 5.95 Å². The lowest BCUT2D eigenvalue weighted by atomic mass is 10.1. The van der Waals surface area contributed by atoms with Crippen LogP contribution in [0.1, 0.15) is 31.4 Å². The molecule has 18 heavy (non-hydrogen) atoms. The zero-order valence-electron chi connectivity index (χ0n) is 9.70. The molecule has 1 fully saturated rings. The number of thioether (sulfide) groups is 1. The highest BCUT2D eigenvalue weighted by Gasteiger charge is 2.33. The maximum absolute atomic E-state index is 12.5. The largest absolute Gasteiger partial charge is 0.433 e. The van der Waals surface area contributed by atoms with Crippen molar-refractivity contribution in [3.8, 4) is 0 Å². The Hall–Kier alpha value is -0.980. The van der Waals surface area contributed by atoms with Crippen molar-refractivity contribution >= 4 is 17.7 Å². The van der Waals surface area contributed by atoms with Crippen LogP contribution in [0.4, 0.5) is 19.1 Å². The summed E-state index contributed by atoms with van der Waals surface area (Å²) in [7, 11) is 0. The molecular weight excluding hydrogens is 263 g/mol. The Bertz CT molecular complexity index is 416. The number of rotatable bonds is 3. The molecule has 1 aromatic heterocycles. The van der Waals surface area contributed by atoms with Gasteiger partial charge < -0.3 is 5.73 Å². The lowest BCUT2D eigenvalue weighted by Gasteiger charge is -2.10. The number of alkyl halides is 3. The average Bonchev–Trinajstić information content (AvgIpc) is 2.77. The van der Waals surface area contributed by atoms with Crippen molar-refractivity contribution in [1.29, 1.82) is 0 Å². The maximum atomic E-state index is 12.5. The Morgan fingerprint density at radius 1 is 1.28 bits per heavy atom. The quantitative estimate of drug-likeness (QED) is 0.680. The Balaban J connectivity index is 2.05. The fourth-order valence-electron chi connectivity index (χ4n) is 2.04. The van der Waals surface area contributed by atoms with Crippen LogP contribution in [0.3, 0.4) is 0 Å². The Kier molecular flexibility index (Phi) is 3.99. The van der Waals surface area contributed by atoms with Gasteiger partial charge >= 0.3 is 6.18 Å². The first kappa shape index (κ1) is 13.5. The standard InChI is InChI=1S/C11H14F3N3S/c12-11(13,14)8-5-9(17-10(15)16-8)18-6-7-3-1-2-4-7/h5,7H,1-4,6H2,(H2,15,16,17). The van der Waals surface area contributed by atoms with Gasteiger partial charge in [-0.25, -0.2) is 9.97 Å². The molecule has 1 aromatic rings. The van der Waals surface area contributed by atoms with Crippen LogP contribution in [0.15, 0.2) is 11.1 Å². The van der Waals surface area contributed by atoms with Gasteiger partial charge in [-0.2, -0.15) is 13.2 Å². The Morgan fingerprint density at radius 3 is 2.56 bits per heavy atom. The minimum Gasteiger partial charge on any atom is -0.368 e. The molecular formula is C11H14F3N3S. The van der Waals surface area contributed by atoms with Gasteiger partial charge in [-0.15, -0.1) is 11.8 Å². The minimum absolute atomic E-state index is 0.307. The molecule has 3 nitrogen and oxygen atoms in total. The van der Waals surface area contributed by atoms with E-state index in [0.29, 0.717) is 10.9 Å². The summed E-state index contributed by atoms with van der Waals surface area (Å²) in [5.41, 5.74) is 4.34. The third-order valence-corrected chi connectivity index (χ3v) is 4.10. The van der Waals surface area contributed by atoms with Crippen LogP contribution in [0.25, 0.3) is 0 Å². The van der Waals surface area contributed by atoms with E-state index in [9.17, 15) is 13.2 Å². The van der Waals surface area contributed by atoms with Crippen molar-refractivity contribution < 1.29 is 13.2 Å². The summed E-state index contributed by atoms with van der Waals surface area (Å²) in [6.45, 7) is 0. The zero-order chi connectivity index (χ0) is 13.2. The monoisotopic (exact) mass is 277 g/mol. The SMILES string of the molecule is Nc1nc(SCC2CCCC2)cc(C(F)(F)F)n1. The molecule has 2 rings (SSSR count). The highest BCUT2D eigenvalue weighted by atomic mass is 32.2. The van der Waals surface area contributed by atoms with Gasteiger partial charge in [-0.05, 0) is 18.8 Å². The zero-order valence-corrected chi connectivity index (χ0v) is 10.5. The van der Waals surface area contributed by atoms with Crippen LogP contribution in [-0.4, -0.2) is 15.7 Å². The fraction of sp³-hybridized carbons (Fsp3) is 0.636. The Morgan fingerprint density at radius 2 is 1.94 bits per heavy atom. The molecule has 0 amide bonds. The van der Waals surface area contributed by atoms with Crippen LogP contribution in [0.2, 0.25) is 0 Å². The van der Waals surface area contributed by atoms with Gasteiger partial charge in [-0.3, -0.25) is 0 Å². The molecule has 0 atom stereocenters. The van der Waals surface area contributed by atoms with Crippen molar-refractivity contribution in [2.75, 3.05) is 11.5 Å². The van der Waals surface area contributed by atoms with Gasteiger partial charge in [0.1, 0.15) is 5.03 Å². The van der Waals surface area contributed by atoms with Crippen LogP contribution in [0.5, 0.6) is 0 Å². The van der Waals surface area contributed by atoms with Crippen LogP contribution >= 0.6 is 11.8 Å². The van der Waals surface area contributed by atoms with Crippen molar-refractivity contribution in [2.45, 2.75) is 36.9 Å². The number of anilines is 1. The number of hydrogen-bond acceptors (Lipinski definition) is 4. The summed E-state index contributed by atoms with van der Waals surface area (Å²) in [6.07, 6.45) is 0.259. The van der Waals surface area contributed by atoms with Crippen LogP contribution in [0, 0.1) is 5.92 Å². The van der Waals surface area contributed by atoms with Gasteiger partial charge in [0.15, 0.2) is 5.69 Å². The second kappa shape index (κ2) is 5.34. The summed E-state index contributed by atoms with van der Waals surface area (Å²) < 4.78 is 37.6. The maximum Gasteiger partial charge on any atom is 0.433 e. The molecule has 1 saturated carbocycles. The highest BCUT2D eigenvalue weighted by molar-refractivity contribution is 7.99. The van der Waals surface area contributed by atoms with E-state index in [-0.39, 0.29) is 5.95 Å². The molecule has 0 unspecified atom stereocenters. The van der Waals surface area contributed by atoms with Crippen molar-refractivity contribution in [3.05, 3.63) is 11.8 Å². The summed E-state index contributed by atoms with van der Waals surface area (Å²) in [5, 5.41) is 0.307. The molecule has 2 N–H and O–H groups in total. The fourth-order valence-corrected chi connectivity index (χ4v) is 3.14. The molecule has 7 heteroatoms. The third kappa shape index (κ3) is 3.51. The molecule has 0 saturated heterocycles. The third-order valence-electron chi connectivity index (χ3n) is 2.95. The van der Waals surface area contributed by atoms with Crippen LogP contribution in [-0.2, 0) is 6.18 Å².